The van der Waals surface area contributed by atoms with E-state index in [0.717, 1.165) is 6.07 Å². The lowest BCUT2D eigenvalue weighted by Gasteiger charge is -2.06. The second kappa shape index (κ2) is 6.50. The molecule has 2 rings (SSSR count). The van der Waals surface area contributed by atoms with E-state index in [1.165, 1.54) is 18.2 Å². The molecule has 114 valence electrons. The largest absolute Gasteiger partial charge is 0.507 e. The third-order valence-electron chi connectivity index (χ3n) is 2.35. The van der Waals surface area contributed by atoms with Crippen LogP contribution < -0.4 is 15.7 Å². The molecule has 0 saturated carbocycles. The molecule has 0 atom stereocenters. The number of hydrogen-bond acceptors (Lipinski definition) is 6. The molecule has 2 amide bonds. The molecule has 9 heteroatoms. The van der Waals surface area contributed by atoms with Gasteiger partial charge >= 0.3 is 11.7 Å². The summed E-state index contributed by atoms with van der Waals surface area (Å²) < 4.78 is 9.24. The SMILES string of the molecule is O=C(NC(=O)c1c(O)cc(Cl)oc1=O)Oc1cccc(Cl)c1. The van der Waals surface area contributed by atoms with Gasteiger partial charge in [0.1, 0.15) is 11.5 Å². The molecule has 0 aliphatic rings. The van der Waals surface area contributed by atoms with Crippen LogP contribution in [-0.4, -0.2) is 17.1 Å². The first-order chi connectivity index (χ1) is 10.4. The number of halogens is 2. The number of benzene rings is 1. The lowest BCUT2D eigenvalue weighted by molar-refractivity contribution is 0.0944. The summed E-state index contributed by atoms with van der Waals surface area (Å²) in [5, 5.41) is 11.2. The van der Waals surface area contributed by atoms with Crippen molar-refractivity contribution in [3.63, 3.8) is 0 Å². The highest BCUT2D eigenvalue weighted by Gasteiger charge is 2.21. The summed E-state index contributed by atoms with van der Waals surface area (Å²) in [5.74, 6) is -1.84. The van der Waals surface area contributed by atoms with Gasteiger partial charge in [0.15, 0.2) is 5.56 Å². The number of imide groups is 1. The smallest absolute Gasteiger partial charge is 0.419 e. The number of carbonyl (C=O) groups excluding carboxylic acids is 2. The van der Waals surface area contributed by atoms with E-state index in [9.17, 15) is 19.5 Å². The fourth-order valence-electron chi connectivity index (χ4n) is 1.48. The number of hydrogen-bond donors (Lipinski definition) is 2. The number of ether oxygens (including phenoxy) is 1. The van der Waals surface area contributed by atoms with E-state index < -0.39 is 34.2 Å². The molecule has 2 N–H and O–H groups in total. The van der Waals surface area contributed by atoms with Crippen LogP contribution in [0.2, 0.25) is 10.2 Å². The van der Waals surface area contributed by atoms with Crippen molar-refractivity contribution < 1.29 is 23.8 Å². The maximum absolute atomic E-state index is 11.8. The Hall–Kier alpha value is -2.51. The fourth-order valence-corrected chi connectivity index (χ4v) is 1.83. The summed E-state index contributed by atoms with van der Waals surface area (Å²) in [4.78, 5) is 34.8. The number of carbonyl (C=O) groups is 2. The minimum absolute atomic E-state index is 0.0881. The van der Waals surface area contributed by atoms with Gasteiger partial charge in [0.25, 0.3) is 5.91 Å². The first-order valence-corrected chi connectivity index (χ1v) is 6.44. The van der Waals surface area contributed by atoms with Crippen LogP contribution in [0.1, 0.15) is 10.4 Å². The summed E-state index contributed by atoms with van der Waals surface area (Å²) in [7, 11) is 0. The van der Waals surface area contributed by atoms with Crippen LogP contribution in [0.4, 0.5) is 4.79 Å². The lowest BCUT2D eigenvalue weighted by atomic mass is 10.2. The quantitative estimate of drug-likeness (QED) is 0.867. The minimum Gasteiger partial charge on any atom is -0.507 e. The summed E-state index contributed by atoms with van der Waals surface area (Å²) in [6.07, 6.45) is -1.17. The van der Waals surface area contributed by atoms with Crippen molar-refractivity contribution in [1.82, 2.24) is 5.32 Å². The van der Waals surface area contributed by atoms with Gasteiger partial charge in [0.05, 0.1) is 0 Å². The molecule has 0 radical (unpaired) electrons. The second-order valence-corrected chi connectivity index (χ2v) is 4.71. The van der Waals surface area contributed by atoms with E-state index in [1.807, 2.05) is 0 Å². The third-order valence-corrected chi connectivity index (χ3v) is 2.77. The van der Waals surface area contributed by atoms with Crippen LogP contribution in [0.5, 0.6) is 11.5 Å². The van der Waals surface area contributed by atoms with E-state index in [0.29, 0.717) is 5.02 Å². The predicted molar refractivity (Wildman–Crippen MR) is 76.6 cm³/mol. The zero-order valence-electron chi connectivity index (χ0n) is 10.6. The third kappa shape index (κ3) is 3.78. The van der Waals surface area contributed by atoms with E-state index in [4.69, 9.17) is 27.9 Å². The Morgan fingerprint density at radius 1 is 1.23 bits per heavy atom. The van der Waals surface area contributed by atoms with Crippen molar-refractivity contribution in [3.8, 4) is 11.5 Å². The number of aromatic hydroxyl groups is 1. The van der Waals surface area contributed by atoms with Gasteiger partial charge < -0.3 is 14.3 Å². The lowest BCUT2D eigenvalue weighted by Crippen LogP contribution is -2.35. The van der Waals surface area contributed by atoms with Crippen LogP contribution in [0.3, 0.4) is 0 Å². The highest BCUT2D eigenvalue weighted by molar-refractivity contribution is 6.30. The molecule has 0 aliphatic carbocycles. The van der Waals surface area contributed by atoms with Gasteiger partial charge in [0, 0.05) is 11.1 Å². The summed E-state index contributed by atoms with van der Waals surface area (Å²) in [6, 6.07) is 6.73. The van der Waals surface area contributed by atoms with Crippen molar-refractivity contribution in [2.45, 2.75) is 0 Å². The van der Waals surface area contributed by atoms with E-state index >= 15 is 0 Å². The zero-order chi connectivity index (χ0) is 16.3. The van der Waals surface area contributed by atoms with Gasteiger partial charge in [-0.3, -0.25) is 10.1 Å². The van der Waals surface area contributed by atoms with E-state index in [1.54, 1.807) is 11.4 Å². The molecule has 22 heavy (non-hydrogen) atoms. The normalized spacial score (nSPS) is 10.1. The van der Waals surface area contributed by atoms with Crippen molar-refractivity contribution in [2.75, 3.05) is 0 Å². The molecule has 0 fully saturated rings. The first kappa shape index (κ1) is 15.9. The Morgan fingerprint density at radius 2 is 1.95 bits per heavy atom. The van der Waals surface area contributed by atoms with Crippen molar-refractivity contribution in [3.05, 3.63) is 56.6 Å². The molecule has 7 nitrogen and oxygen atoms in total. The molecular formula is C13H7Cl2NO6. The monoisotopic (exact) mass is 343 g/mol. The van der Waals surface area contributed by atoms with Gasteiger partial charge in [-0.1, -0.05) is 17.7 Å². The Kier molecular flexibility index (Phi) is 4.69. The van der Waals surface area contributed by atoms with Gasteiger partial charge in [0.2, 0.25) is 5.22 Å². The molecule has 2 aromatic rings. The highest BCUT2D eigenvalue weighted by Crippen LogP contribution is 2.19. The average molecular weight is 344 g/mol. The van der Waals surface area contributed by atoms with E-state index in [2.05, 4.69) is 4.42 Å². The minimum atomic E-state index is -1.20. The molecular weight excluding hydrogens is 337 g/mol. The van der Waals surface area contributed by atoms with Crippen LogP contribution in [0, 0.1) is 0 Å². The van der Waals surface area contributed by atoms with Gasteiger partial charge in [-0.25, -0.2) is 9.59 Å². The fraction of sp³-hybridized carbons (Fsp3) is 0. The molecule has 1 heterocycles. The second-order valence-electron chi connectivity index (χ2n) is 3.90. The van der Waals surface area contributed by atoms with Crippen molar-refractivity contribution >= 4 is 35.2 Å². The van der Waals surface area contributed by atoms with Crippen molar-refractivity contribution in [2.24, 2.45) is 0 Å². The molecule has 0 aliphatic heterocycles. The molecule has 1 aromatic carbocycles. The summed E-state index contributed by atoms with van der Waals surface area (Å²) in [5.41, 5.74) is -1.97. The van der Waals surface area contributed by atoms with Crippen LogP contribution in [0.15, 0.2) is 39.5 Å². The number of nitrogens with one attached hydrogen (secondary N) is 1. The van der Waals surface area contributed by atoms with Crippen LogP contribution >= 0.6 is 23.2 Å². The first-order valence-electron chi connectivity index (χ1n) is 5.68. The molecule has 0 saturated heterocycles. The Balaban J connectivity index is 2.12. The summed E-state index contributed by atoms with van der Waals surface area (Å²) >= 11 is 11.1. The van der Waals surface area contributed by atoms with Gasteiger partial charge in [-0.05, 0) is 29.8 Å². The molecule has 0 spiro atoms. The topological polar surface area (TPSA) is 106 Å². The number of amides is 2. The zero-order valence-corrected chi connectivity index (χ0v) is 12.1. The van der Waals surface area contributed by atoms with Gasteiger partial charge in [-0.15, -0.1) is 0 Å². The van der Waals surface area contributed by atoms with E-state index in [-0.39, 0.29) is 5.75 Å². The average Bonchev–Trinajstić information content (AvgIpc) is 2.36. The predicted octanol–water partition coefficient (Wildman–Crippen LogP) is 2.58. The molecule has 1 aromatic heterocycles. The number of rotatable bonds is 2. The van der Waals surface area contributed by atoms with Crippen LogP contribution in [0.25, 0.3) is 0 Å². The van der Waals surface area contributed by atoms with Gasteiger partial charge in [-0.2, -0.15) is 0 Å². The maximum Gasteiger partial charge on any atom is 0.419 e. The molecule has 0 bridgehead atoms. The highest BCUT2D eigenvalue weighted by atomic mass is 35.5. The van der Waals surface area contributed by atoms with Crippen LogP contribution in [-0.2, 0) is 0 Å². The summed E-state index contributed by atoms with van der Waals surface area (Å²) in [6.45, 7) is 0. The Labute approximate surface area is 133 Å². The standard InChI is InChI=1S/C13H7Cl2NO6/c14-6-2-1-3-7(4-6)21-13(20)16-11(18)10-8(17)5-9(15)22-12(10)19/h1-5,17H,(H,16,18,20). The molecule has 0 unspecified atom stereocenters. The Morgan fingerprint density at radius 3 is 2.59 bits per heavy atom. The van der Waals surface area contributed by atoms with Crippen molar-refractivity contribution in [1.29, 1.82) is 0 Å². The maximum atomic E-state index is 11.8. The Bertz CT molecular complexity index is 801.